The van der Waals surface area contributed by atoms with Gasteiger partial charge in [-0.25, -0.2) is 4.79 Å². The third-order valence-electron chi connectivity index (χ3n) is 6.44. The Morgan fingerprint density at radius 1 is 1.31 bits per heavy atom. The van der Waals surface area contributed by atoms with Crippen LogP contribution in [0.25, 0.3) is 0 Å². The normalized spacial score (nSPS) is 20.5. The number of hydrogen-bond donors (Lipinski definition) is 4. The number of fused-ring (bicyclic) bond motifs is 2. The molecule has 0 radical (unpaired) electrons. The van der Waals surface area contributed by atoms with E-state index in [2.05, 4.69) is 22.8 Å². The summed E-state index contributed by atoms with van der Waals surface area (Å²) in [6.45, 7) is 6.48. The highest BCUT2D eigenvalue weighted by molar-refractivity contribution is 5.96. The summed E-state index contributed by atoms with van der Waals surface area (Å²) in [5.41, 5.74) is 2.21. The number of benzene rings is 1. The molecule has 4 rings (SSSR count). The molecule has 2 unspecified atom stereocenters. The monoisotopic (exact) mass is 483 g/mol. The molecule has 0 bridgehead atoms. The van der Waals surface area contributed by atoms with Crippen LogP contribution in [-0.2, 0) is 9.53 Å². The van der Waals surface area contributed by atoms with Crippen molar-refractivity contribution in [1.29, 1.82) is 0 Å². The Hall–Kier alpha value is -3.30. The molecular weight excluding hydrogens is 450 g/mol. The maximum Gasteiger partial charge on any atom is 0.414 e. The number of aromatic hydroxyl groups is 1. The topological polar surface area (TPSA) is 120 Å². The molecule has 2 atom stereocenters. The zero-order valence-electron chi connectivity index (χ0n) is 20.3. The molecule has 1 saturated heterocycles. The number of hydrogen-bond acceptors (Lipinski definition) is 7. The summed E-state index contributed by atoms with van der Waals surface area (Å²) >= 11 is 0. The number of β-amino-alcohol motifs (C(OH)–C–C–N with tert-alkyl or cyclic N) is 1. The minimum atomic E-state index is -0.986. The Morgan fingerprint density at radius 2 is 2.11 bits per heavy atom. The summed E-state index contributed by atoms with van der Waals surface area (Å²) in [7, 11) is 0. The van der Waals surface area contributed by atoms with E-state index in [-0.39, 0.29) is 37.0 Å². The molecule has 1 aliphatic carbocycles. The Balaban J connectivity index is 1.40. The van der Waals surface area contributed by atoms with Crippen LogP contribution in [0.1, 0.15) is 51.7 Å². The number of carbonyl (C=O) groups excluding carboxylic acids is 2. The summed E-state index contributed by atoms with van der Waals surface area (Å²) < 4.78 is 11.2. The first kappa shape index (κ1) is 24.8. The van der Waals surface area contributed by atoms with Gasteiger partial charge in [0.05, 0.1) is 17.5 Å². The van der Waals surface area contributed by atoms with Crippen molar-refractivity contribution < 1.29 is 29.3 Å². The number of anilines is 1. The van der Waals surface area contributed by atoms with Crippen LogP contribution >= 0.6 is 0 Å². The molecule has 0 spiro atoms. The lowest BCUT2D eigenvalue weighted by molar-refractivity contribution is -0.118. The van der Waals surface area contributed by atoms with Gasteiger partial charge in [-0.15, -0.1) is 0 Å². The van der Waals surface area contributed by atoms with E-state index >= 15 is 0 Å². The largest absolute Gasteiger partial charge is 0.508 e. The average molecular weight is 484 g/mol. The molecule has 1 fully saturated rings. The molecule has 4 N–H and O–H groups in total. The second kappa shape index (κ2) is 10.1. The van der Waals surface area contributed by atoms with E-state index in [0.717, 1.165) is 17.7 Å². The van der Waals surface area contributed by atoms with Gasteiger partial charge in [-0.2, -0.15) is 0 Å². The van der Waals surface area contributed by atoms with Gasteiger partial charge in [-0.1, -0.05) is 31.2 Å². The van der Waals surface area contributed by atoms with E-state index in [4.69, 9.17) is 9.47 Å². The summed E-state index contributed by atoms with van der Waals surface area (Å²) in [5, 5.41) is 26.9. The number of cyclic esters (lactones) is 1. The zero-order chi connectivity index (χ0) is 25.2. The minimum Gasteiger partial charge on any atom is -0.508 e. The molecule has 0 aromatic heterocycles. The standard InChI is InChI=1S/C26H33N3O6/c1-4-22-17-8-6-5-7-9-20(17)29(25(33)35-22)11-10-26(2,3)27-14-21(31)18-12-16(30)13-19-24(18)34-15-23(32)28-19/h5-6,8-9,12-13,21-22,27,30-31H,4,7,10-11,14-15H2,1-3H3,(H,28,32). The lowest BCUT2D eigenvalue weighted by atomic mass is 9.96. The lowest BCUT2D eigenvalue weighted by Gasteiger charge is -2.38. The van der Waals surface area contributed by atoms with Gasteiger partial charge in [0.15, 0.2) is 6.61 Å². The molecular formula is C26H33N3O6. The first-order valence-corrected chi connectivity index (χ1v) is 12.0. The zero-order valence-corrected chi connectivity index (χ0v) is 20.3. The summed E-state index contributed by atoms with van der Waals surface area (Å²) in [4.78, 5) is 26.1. The molecule has 2 amide bonds. The number of phenolic OH excluding ortho intramolecular Hbond substituents is 1. The number of carbonyl (C=O) groups is 2. The number of nitrogens with one attached hydrogen (secondary N) is 2. The van der Waals surface area contributed by atoms with Gasteiger partial charge in [-0.3, -0.25) is 9.69 Å². The van der Waals surface area contributed by atoms with Crippen LogP contribution in [0.15, 0.2) is 47.7 Å². The highest BCUT2D eigenvalue weighted by atomic mass is 16.6. The number of amides is 2. The van der Waals surface area contributed by atoms with Crippen LogP contribution in [0.3, 0.4) is 0 Å². The van der Waals surface area contributed by atoms with E-state index in [0.29, 0.717) is 36.4 Å². The van der Waals surface area contributed by atoms with Gasteiger partial charge < -0.3 is 30.3 Å². The Bertz CT molecular complexity index is 1090. The summed E-state index contributed by atoms with van der Waals surface area (Å²) in [6.07, 6.45) is 8.64. The smallest absolute Gasteiger partial charge is 0.414 e. The number of rotatable bonds is 8. The molecule has 9 nitrogen and oxygen atoms in total. The van der Waals surface area contributed by atoms with Gasteiger partial charge in [0.1, 0.15) is 17.6 Å². The Morgan fingerprint density at radius 3 is 2.89 bits per heavy atom. The molecule has 0 saturated carbocycles. The number of nitrogens with zero attached hydrogens (tertiary/aromatic N) is 1. The van der Waals surface area contributed by atoms with E-state index in [1.54, 1.807) is 4.90 Å². The maximum atomic E-state index is 12.8. The van der Waals surface area contributed by atoms with Crippen LogP contribution in [0.2, 0.25) is 0 Å². The number of aliphatic hydroxyl groups excluding tert-OH is 1. The van der Waals surface area contributed by atoms with Gasteiger partial charge in [-0.05, 0) is 39.2 Å². The molecule has 1 aromatic rings. The van der Waals surface area contributed by atoms with E-state index in [1.165, 1.54) is 12.1 Å². The van der Waals surface area contributed by atoms with Crippen LogP contribution in [0.5, 0.6) is 11.5 Å². The highest BCUT2D eigenvalue weighted by Gasteiger charge is 2.35. The second-order valence-electron chi connectivity index (χ2n) is 9.59. The molecule has 188 valence electrons. The molecule has 3 aliphatic rings. The average Bonchev–Trinajstić information content (AvgIpc) is 3.07. The number of phenols is 1. The Kier molecular flexibility index (Phi) is 7.18. The lowest BCUT2D eigenvalue weighted by Crippen LogP contribution is -2.47. The van der Waals surface area contributed by atoms with E-state index < -0.39 is 11.6 Å². The fraction of sp³-hybridized carbons (Fsp3) is 0.462. The minimum absolute atomic E-state index is 0.0770. The summed E-state index contributed by atoms with van der Waals surface area (Å²) in [6, 6.07) is 2.82. The van der Waals surface area contributed by atoms with Crippen molar-refractivity contribution in [3.05, 3.63) is 53.3 Å². The van der Waals surface area contributed by atoms with Gasteiger partial charge >= 0.3 is 6.09 Å². The molecule has 9 heteroatoms. The summed E-state index contributed by atoms with van der Waals surface area (Å²) in [5.74, 6) is -0.0435. The first-order valence-electron chi connectivity index (χ1n) is 12.0. The number of aliphatic hydroxyl groups is 1. The Labute approximate surface area is 205 Å². The van der Waals surface area contributed by atoms with Crippen LogP contribution in [-0.4, -0.2) is 58.5 Å². The van der Waals surface area contributed by atoms with E-state index in [1.807, 2.05) is 32.9 Å². The highest BCUT2D eigenvalue weighted by Crippen LogP contribution is 2.39. The van der Waals surface area contributed by atoms with Crippen LogP contribution < -0.4 is 15.4 Å². The SMILES string of the molecule is CCC1OC(=O)N(CCC(C)(C)NCC(O)c2cc(O)cc3c2OCC(=O)N3)C2=CCC=CC=C21. The van der Waals surface area contributed by atoms with Crippen molar-refractivity contribution in [3.8, 4) is 11.5 Å². The van der Waals surface area contributed by atoms with Gasteiger partial charge in [0, 0.05) is 35.8 Å². The fourth-order valence-corrected chi connectivity index (χ4v) is 4.46. The number of ether oxygens (including phenoxy) is 2. The quantitative estimate of drug-likeness (QED) is 0.447. The molecule has 1 aromatic carbocycles. The van der Waals surface area contributed by atoms with Crippen molar-refractivity contribution in [2.24, 2.45) is 0 Å². The number of allylic oxidation sites excluding steroid dienone is 4. The van der Waals surface area contributed by atoms with Crippen molar-refractivity contribution >= 4 is 17.7 Å². The van der Waals surface area contributed by atoms with E-state index in [9.17, 15) is 19.8 Å². The van der Waals surface area contributed by atoms with Crippen molar-refractivity contribution in [3.63, 3.8) is 0 Å². The van der Waals surface area contributed by atoms with Gasteiger partial charge in [0.25, 0.3) is 5.91 Å². The third-order valence-corrected chi connectivity index (χ3v) is 6.44. The van der Waals surface area contributed by atoms with Crippen molar-refractivity contribution in [2.75, 3.05) is 25.0 Å². The van der Waals surface area contributed by atoms with Crippen LogP contribution in [0, 0.1) is 0 Å². The molecule has 2 aliphatic heterocycles. The van der Waals surface area contributed by atoms with Crippen molar-refractivity contribution in [1.82, 2.24) is 10.2 Å². The molecule has 35 heavy (non-hydrogen) atoms. The van der Waals surface area contributed by atoms with Crippen molar-refractivity contribution in [2.45, 2.75) is 57.8 Å². The molecule has 2 heterocycles. The predicted molar refractivity (Wildman–Crippen MR) is 131 cm³/mol. The second-order valence-corrected chi connectivity index (χ2v) is 9.59. The third kappa shape index (κ3) is 5.52. The first-order chi connectivity index (χ1) is 16.7. The fourth-order valence-electron chi connectivity index (χ4n) is 4.46. The predicted octanol–water partition coefficient (Wildman–Crippen LogP) is 3.52. The maximum absolute atomic E-state index is 12.8. The van der Waals surface area contributed by atoms with Crippen LogP contribution in [0.4, 0.5) is 10.5 Å². The van der Waals surface area contributed by atoms with Gasteiger partial charge in [0.2, 0.25) is 0 Å².